The number of carbonyl (C=O) groups excluding carboxylic acids is 1. The Morgan fingerprint density at radius 2 is 2.11 bits per heavy atom. The zero-order chi connectivity index (χ0) is 12.8. The van der Waals surface area contributed by atoms with Crippen molar-refractivity contribution in [3.63, 3.8) is 0 Å². The first-order valence-electron chi connectivity index (χ1n) is 6.52. The van der Waals surface area contributed by atoms with Crippen molar-refractivity contribution in [2.45, 2.75) is 62.8 Å². The summed E-state index contributed by atoms with van der Waals surface area (Å²) in [6, 6.07) is 0. The Bertz CT molecular complexity index is 370. The fraction of sp³-hybridized carbons (Fsp3) is 0.769. The van der Waals surface area contributed by atoms with E-state index in [0.29, 0.717) is 0 Å². The summed E-state index contributed by atoms with van der Waals surface area (Å²) in [5, 5.41) is 9.85. The molecule has 100 valence electrons. The second-order valence-electron chi connectivity index (χ2n) is 5.28. The van der Waals surface area contributed by atoms with Gasteiger partial charge in [0, 0.05) is 18.9 Å². The number of esters is 1. The van der Waals surface area contributed by atoms with E-state index in [1.165, 1.54) is 6.08 Å². The van der Waals surface area contributed by atoms with E-state index in [2.05, 4.69) is 0 Å². The third kappa shape index (κ3) is 1.96. The van der Waals surface area contributed by atoms with Crippen LogP contribution < -0.4 is 0 Å². The van der Waals surface area contributed by atoms with Crippen LogP contribution in [-0.2, 0) is 19.0 Å². The molecule has 1 saturated carbocycles. The smallest absolute Gasteiger partial charge is 0.330 e. The standard InChI is InChI=1S/C13H18O5/c1-8(14)11-12-9(4-5-10(15)16-12)17-13(18-11)6-2-3-7-13/h4-5,8-9,11-12,14H,2-3,6-7H2,1H3/t8-,9-,11+,12+/m0/s1. The van der Waals surface area contributed by atoms with Crippen LogP contribution in [-0.4, -0.2) is 41.3 Å². The largest absolute Gasteiger partial charge is 0.453 e. The quantitative estimate of drug-likeness (QED) is 0.704. The maximum Gasteiger partial charge on any atom is 0.330 e. The third-order valence-corrected chi connectivity index (χ3v) is 3.86. The fourth-order valence-electron chi connectivity index (χ4n) is 3.00. The lowest BCUT2D eigenvalue weighted by atomic mass is 9.97. The monoisotopic (exact) mass is 254 g/mol. The SMILES string of the molecule is C[C@H](O)[C@H]1OC2(CCCC2)O[C@H]2C=CC(=O)O[C@@H]12. The van der Waals surface area contributed by atoms with Crippen LogP contribution in [0, 0.1) is 0 Å². The predicted octanol–water partition coefficient (Wildman–Crippen LogP) is 0.903. The highest BCUT2D eigenvalue weighted by Gasteiger charge is 2.52. The number of carbonyl (C=O) groups is 1. The van der Waals surface area contributed by atoms with Gasteiger partial charge in [0.15, 0.2) is 11.9 Å². The van der Waals surface area contributed by atoms with E-state index in [1.54, 1.807) is 13.0 Å². The van der Waals surface area contributed by atoms with Crippen LogP contribution in [0.3, 0.4) is 0 Å². The van der Waals surface area contributed by atoms with Crippen molar-refractivity contribution in [1.29, 1.82) is 0 Å². The summed E-state index contributed by atoms with van der Waals surface area (Å²) in [7, 11) is 0. The number of rotatable bonds is 1. The molecule has 3 aliphatic rings. The maximum atomic E-state index is 11.3. The molecule has 2 aliphatic heterocycles. The third-order valence-electron chi connectivity index (χ3n) is 3.86. The van der Waals surface area contributed by atoms with Crippen molar-refractivity contribution in [3.8, 4) is 0 Å². The lowest BCUT2D eigenvalue weighted by Crippen LogP contribution is -2.60. The molecule has 1 saturated heterocycles. The van der Waals surface area contributed by atoms with Gasteiger partial charge in [0.25, 0.3) is 0 Å². The Morgan fingerprint density at radius 3 is 2.78 bits per heavy atom. The molecule has 1 spiro atoms. The first kappa shape index (κ1) is 12.1. The molecule has 0 unspecified atom stereocenters. The van der Waals surface area contributed by atoms with Gasteiger partial charge < -0.3 is 19.3 Å². The fourth-order valence-corrected chi connectivity index (χ4v) is 3.00. The van der Waals surface area contributed by atoms with Gasteiger partial charge in [-0.05, 0) is 25.8 Å². The summed E-state index contributed by atoms with van der Waals surface area (Å²) in [6.07, 6.45) is 4.82. The number of aliphatic hydroxyl groups is 1. The minimum Gasteiger partial charge on any atom is -0.453 e. The zero-order valence-corrected chi connectivity index (χ0v) is 10.4. The molecule has 0 aromatic rings. The van der Waals surface area contributed by atoms with Crippen molar-refractivity contribution >= 4 is 5.97 Å². The van der Waals surface area contributed by atoms with Gasteiger partial charge >= 0.3 is 5.97 Å². The van der Waals surface area contributed by atoms with Gasteiger partial charge in [-0.15, -0.1) is 0 Å². The number of hydrogen-bond donors (Lipinski definition) is 1. The Labute approximate surface area is 106 Å². The zero-order valence-electron chi connectivity index (χ0n) is 10.4. The van der Waals surface area contributed by atoms with Crippen LogP contribution in [0.15, 0.2) is 12.2 Å². The highest BCUT2D eigenvalue weighted by Crippen LogP contribution is 2.42. The van der Waals surface area contributed by atoms with Crippen molar-refractivity contribution in [2.75, 3.05) is 0 Å². The van der Waals surface area contributed by atoms with E-state index in [4.69, 9.17) is 14.2 Å². The van der Waals surface area contributed by atoms with Gasteiger partial charge in [-0.1, -0.05) is 0 Å². The first-order valence-corrected chi connectivity index (χ1v) is 6.52. The van der Waals surface area contributed by atoms with Crippen LogP contribution in [0.1, 0.15) is 32.6 Å². The van der Waals surface area contributed by atoms with Crippen LogP contribution in [0.5, 0.6) is 0 Å². The number of ether oxygens (including phenoxy) is 3. The molecule has 1 N–H and O–H groups in total. The molecule has 0 bridgehead atoms. The van der Waals surface area contributed by atoms with E-state index in [0.717, 1.165) is 25.7 Å². The molecule has 0 aromatic carbocycles. The van der Waals surface area contributed by atoms with E-state index >= 15 is 0 Å². The second kappa shape index (κ2) is 4.33. The van der Waals surface area contributed by atoms with Crippen LogP contribution >= 0.6 is 0 Å². The Hall–Kier alpha value is -0.910. The van der Waals surface area contributed by atoms with E-state index in [-0.39, 0.29) is 6.10 Å². The van der Waals surface area contributed by atoms with E-state index in [9.17, 15) is 9.90 Å². The molecule has 0 amide bonds. The molecule has 5 nitrogen and oxygen atoms in total. The molecule has 0 radical (unpaired) electrons. The van der Waals surface area contributed by atoms with Gasteiger partial charge in [-0.3, -0.25) is 0 Å². The molecule has 5 heteroatoms. The summed E-state index contributed by atoms with van der Waals surface area (Å²) in [5.74, 6) is -1.01. The molecule has 0 aromatic heterocycles. The van der Waals surface area contributed by atoms with Crippen LogP contribution in [0.4, 0.5) is 0 Å². The molecule has 2 heterocycles. The van der Waals surface area contributed by atoms with Gasteiger partial charge in [-0.2, -0.15) is 0 Å². The summed E-state index contributed by atoms with van der Waals surface area (Å²) in [6.45, 7) is 1.65. The Morgan fingerprint density at radius 1 is 1.39 bits per heavy atom. The molecule has 1 aliphatic carbocycles. The van der Waals surface area contributed by atoms with Crippen LogP contribution in [0.25, 0.3) is 0 Å². The summed E-state index contributed by atoms with van der Waals surface area (Å²) >= 11 is 0. The lowest BCUT2D eigenvalue weighted by molar-refractivity contribution is -0.348. The summed E-state index contributed by atoms with van der Waals surface area (Å²) in [4.78, 5) is 11.3. The Balaban J connectivity index is 1.88. The van der Waals surface area contributed by atoms with Crippen molar-refractivity contribution < 1.29 is 24.1 Å². The number of hydrogen-bond acceptors (Lipinski definition) is 5. The average molecular weight is 254 g/mol. The van der Waals surface area contributed by atoms with E-state index in [1.807, 2.05) is 0 Å². The molecule has 4 atom stereocenters. The molecule has 18 heavy (non-hydrogen) atoms. The lowest BCUT2D eigenvalue weighted by Gasteiger charge is -2.47. The van der Waals surface area contributed by atoms with Gasteiger partial charge in [0.2, 0.25) is 0 Å². The highest BCUT2D eigenvalue weighted by molar-refractivity contribution is 5.83. The molecule has 2 fully saturated rings. The van der Waals surface area contributed by atoms with Crippen molar-refractivity contribution in [2.24, 2.45) is 0 Å². The summed E-state index contributed by atoms with van der Waals surface area (Å²) < 4.78 is 17.1. The van der Waals surface area contributed by atoms with Gasteiger partial charge in [-0.25, -0.2) is 4.79 Å². The average Bonchev–Trinajstić information content (AvgIpc) is 2.77. The van der Waals surface area contributed by atoms with Crippen molar-refractivity contribution in [3.05, 3.63) is 12.2 Å². The summed E-state index contributed by atoms with van der Waals surface area (Å²) in [5.41, 5.74) is 0. The second-order valence-corrected chi connectivity index (χ2v) is 5.28. The topological polar surface area (TPSA) is 65.0 Å². The highest BCUT2D eigenvalue weighted by atomic mass is 16.7. The normalized spacial score (nSPS) is 39.4. The molecular weight excluding hydrogens is 236 g/mol. The van der Waals surface area contributed by atoms with Gasteiger partial charge in [0.05, 0.1) is 6.10 Å². The van der Waals surface area contributed by atoms with E-state index < -0.39 is 30.1 Å². The Kier molecular flexibility index (Phi) is 2.92. The van der Waals surface area contributed by atoms with Crippen molar-refractivity contribution in [1.82, 2.24) is 0 Å². The molecular formula is C13H18O5. The minimum atomic E-state index is -0.696. The number of aliphatic hydroxyl groups excluding tert-OH is 1. The van der Waals surface area contributed by atoms with Crippen LogP contribution in [0.2, 0.25) is 0 Å². The minimum absolute atomic E-state index is 0.311. The first-order chi connectivity index (χ1) is 8.60. The van der Waals surface area contributed by atoms with Gasteiger partial charge in [0.1, 0.15) is 12.2 Å². The predicted molar refractivity (Wildman–Crippen MR) is 61.6 cm³/mol. The maximum absolute atomic E-state index is 11.3. The number of fused-ring (bicyclic) bond motifs is 1. The molecule has 3 rings (SSSR count).